The molecule has 1 heterocycles. The van der Waals surface area contributed by atoms with Crippen molar-refractivity contribution in [2.75, 3.05) is 13.1 Å². The minimum absolute atomic E-state index is 0.386. The normalized spacial score (nSPS) is 17.1. The standard InChI is InChI=1S/C9H13N5/c10-7-14(8-11)9-12-5-3-1-2-4-6-13-9/h1-6H2,(H,12,13). The van der Waals surface area contributed by atoms with Crippen molar-refractivity contribution in [1.82, 2.24) is 10.2 Å². The van der Waals surface area contributed by atoms with E-state index in [0.717, 1.165) is 30.7 Å². The molecule has 0 saturated carbocycles. The van der Waals surface area contributed by atoms with E-state index in [1.165, 1.54) is 6.42 Å². The van der Waals surface area contributed by atoms with Gasteiger partial charge in [-0.15, -0.1) is 4.90 Å². The SMILES string of the molecule is N#CN(C#N)C1=NCCCCCCN1. The van der Waals surface area contributed by atoms with Crippen LogP contribution in [0.25, 0.3) is 0 Å². The Morgan fingerprint density at radius 2 is 1.86 bits per heavy atom. The molecule has 0 aromatic rings. The molecule has 1 rings (SSSR count). The predicted octanol–water partition coefficient (Wildman–Crippen LogP) is 0.770. The molecule has 0 radical (unpaired) electrons. The maximum atomic E-state index is 8.64. The molecule has 0 spiro atoms. The highest BCUT2D eigenvalue weighted by Gasteiger charge is 2.09. The zero-order valence-corrected chi connectivity index (χ0v) is 8.03. The van der Waals surface area contributed by atoms with Gasteiger partial charge in [0, 0.05) is 13.1 Å². The first kappa shape index (κ1) is 10.3. The number of nitrogens with zero attached hydrogens (tertiary/aromatic N) is 4. The number of hydrogen-bond acceptors (Lipinski definition) is 5. The average Bonchev–Trinajstić information content (AvgIpc) is 2.34. The van der Waals surface area contributed by atoms with E-state index in [2.05, 4.69) is 10.3 Å². The highest BCUT2D eigenvalue weighted by atomic mass is 15.3. The first-order chi connectivity index (χ1) is 6.88. The fraction of sp³-hybridized carbons (Fsp3) is 0.667. The molecule has 1 N–H and O–H groups in total. The summed E-state index contributed by atoms with van der Waals surface area (Å²) in [6.07, 6.45) is 7.96. The van der Waals surface area contributed by atoms with Gasteiger partial charge in [0.15, 0.2) is 0 Å². The third-order valence-electron chi connectivity index (χ3n) is 2.04. The second-order valence-corrected chi connectivity index (χ2v) is 3.08. The molecular formula is C9H13N5. The van der Waals surface area contributed by atoms with Gasteiger partial charge in [-0.3, -0.25) is 4.99 Å². The molecule has 1 aliphatic heterocycles. The van der Waals surface area contributed by atoms with Crippen molar-refractivity contribution in [2.24, 2.45) is 4.99 Å². The van der Waals surface area contributed by atoms with Crippen LogP contribution in [0.15, 0.2) is 4.99 Å². The highest BCUT2D eigenvalue weighted by Crippen LogP contribution is 2.02. The Balaban J connectivity index is 2.63. The van der Waals surface area contributed by atoms with Gasteiger partial charge in [0.1, 0.15) is 0 Å². The van der Waals surface area contributed by atoms with E-state index >= 15 is 0 Å². The van der Waals surface area contributed by atoms with Gasteiger partial charge in [-0.2, -0.15) is 10.5 Å². The number of nitrogens with one attached hydrogen (secondary N) is 1. The van der Waals surface area contributed by atoms with Gasteiger partial charge in [-0.05, 0) is 12.8 Å². The second kappa shape index (κ2) is 5.82. The number of guanidine groups is 1. The molecule has 0 unspecified atom stereocenters. The maximum absolute atomic E-state index is 8.64. The van der Waals surface area contributed by atoms with Crippen LogP contribution in [0, 0.1) is 22.9 Å². The summed E-state index contributed by atoms with van der Waals surface area (Å²) in [6, 6.07) is 0. The lowest BCUT2D eigenvalue weighted by molar-refractivity contribution is 0.645. The molecule has 1 aliphatic rings. The van der Waals surface area contributed by atoms with Gasteiger partial charge in [0.05, 0.1) is 0 Å². The lowest BCUT2D eigenvalue weighted by Gasteiger charge is -2.10. The Morgan fingerprint density at radius 1 is 1.14 bits per heavy atom. The fourth-order valence-corrected chi connectivity index (χ4v) is 1.30. The van der Waals surface area contributed by atoms with E-state index in [1.807, 2.05) is 0 Å². The smallest absolute Gasteiger partial charge is 0.221 e. The lowest BCUT2D eigenvalue weighted by Crippen LogP contribution is -2.36. The van der Waals surface area contributed by atoms with Crippen molar-refractivity contribution in [3.05, 3.63) is 0 Å². The minimum Gasteiger partial charge on any atom is -0.355 e. The molecule has 14 heavy (non-hydrogen) atoms. The van der Waals surface area contributed by atoms with Crippen LogP contribution in [-0.2, 0) is 0 Å². The molecule has 5 heteroatoms. The maximum Gasteiger partial charge on any atom is 0.221 e. The zero-order chi connectivity index (χ0) is 10.2. The number of aliphatic imine (C=N–C) groups is 1. The van der Waals surface area contributed by atoms with Crippen molar-refractivity contribution in [1.29, 1.82) is 10.5 Å². The van der Waals surface area contributed by atoms with Gasteiger partial charge in [-0.1, -0.05) is 12.8 Å². The molecule has 0 fully saturated rings. The number of rotatable bonds is 0. The Morgan fingerprint density at radius 3 is 2.57 bits per heavy atom. The molecule has 0 atom stereocenters. The van der Waals surface area contributed by atoms with E-state index in [-0.39, 0.29) is 0 Å². The van der Waals surface area contributed by atoms with Crippen molar-refractivity contribution in [3.8, 4) is 12.4 Å². The molecular weight excluding hydrogens is 178 g/mol. The monoisotopic (exact) mass is 191 g/mol. The van der Waals surface area contributed by atoms with E-state index in [0.29, 0.717) is 12.5 Å². The summed E-state index contributed by atoms with van der Waals surface area (Å²) in [6.45, 7) is 1.46. The predicted molar refractivity (Wildman–Crippen MR) is 51.8 cm³/mol. The third-order valence-corrected chi connectivity index (χ3v) is 2.04. The van der Waals surface area contributed by atoms with E-state index in [9.17, 15) is 0 Å². The van der Waals surface area contributed by atoms with Crippen LogP contribution < -0.4 is 5.32 Å². The first-order valence-corrected chi connectivity index (χ1v) is 4.76. The lowest BCUT2D eigenvalue weighted by atomic mass is 10.2. The quantitative estimate of drug-likeness (QED) is 0.453. The summed E-state index contributed by atoms with van der Waals surface area (Å²) < 4.78 is 0. The summed E-state index contributed by atoms with van der Waals surface area (Å²) in [7, 11) is 0. The van der Waals surface area contributed by atoms with Crippen molar-refractivity contribution < 1.29 is 0 Å². The van der Waals surface area contributed by atoms with Crippen molar-refractivity contribution >= 4 is 5.96 Å². The van der Waals surface area contributed by atoms with Crippen LogP contribution in [0.3, 0.4) is 0 Å². The van der Waals surface area contributed by atoms with Crippen LogP contribution in [0.2, 0.25) is 0 Å². The van der Waals surface area contributed by atoms with Gasteiger partial charge >= 0.3 is 0 Å². The second-order valence-electron chi connectivity index (χ2n) is 3.08. The topological polar surface area (TPSA) is 75.2 Å². The molecule has 0 amide bonds. The van der Waals surface area contributed by atoms with Gasteiger partial charge < -0.3 is 5.32 Å². The summed E-state index contributed by atoms with van der Waals surface area (Å²) >= 11 is 0. The molecule has 0 saturated heterocycles. The molecule has 0 aliphatic carbocycles. The number of nitriles is 2. The summed E-state index contributed by atoms with van der Waals surface area (Å²) in [5, 5.41) is 20.3. The zero-order valence-electron chi connectivity index (χ0n) is 8.03. The minimum atomic E-state index is 0.386. The summed E-state index contributed by atoms with van der Waals surface area (Å²) in [5.41, 5.74) is 0. The van der Waals surface area contributed by atoms with Crippen LogP contribution >= 0.6 is 0 Å². The molecule has 0 aromatic heterocycles. The van der Waals surface area contributed by atoms with Crippen LogP contribution in [0.4, 0.5) is 0 Å². The Kier molecular flexibility index (Phi) is 4.30. The Bertz CT molecular complexity index is 269. The van der Waals surface area contributed by atoms with E-state index in [1.54, 1.807) is 12.4 Å². The molecule has 0 aromatic carbocycles. The number of hydrogen-bond donors (Lipinski definition) is 1. The molecule has 5 nitrogen and oxygen atoms in total. The fourth-order valence-electron chi connectivity index (χ4n) is 1.30. The van der Waals surface area contributed by atoms with E-state index < -0.39 is 0 Å². The summed E-state index contributed by atoms with van der Waals surface area (Å²) in [4.78, 5) is 5.08. The average molecular weight is 191 g/mol. The van der Waals surface area contributed by atoms with Crippen LogP contribution in [0.1, 0.15) is 25.7 Å². The van der Waals surface area contributed by atoms with Crippen LogP contribution in [0.5, 0.6) is 0 Å². The van der Waals surface area contributed by atoms with Gasteiger partial charge in [0.2, 0.25) is 18.3 Å². The largest absolute Gasteiger partial charge is 0.355 e. The molecule has 74 valence electrons. The molecule has 0 bridgehead atoms. The van der Waals surface area contributed by atoms with E-state index in [4.69, 9.17) is 10.5 Å². The Hall–Kier alpha value is -1.75. The van der Waals surface area contributed by atoms with Crippen molar-refractivity contribution in [2.45, 2.75) is 25.7 Å². The van der Waals surface area contributed by atoms with Crippen molar-refractivity contribution in [3.63, 3.8) is 0 Å². The van der Waals surface area contributed by atoms with Gasteiger partial charge in [-0.25, -0.2) is 0 Å². The summed E-state index contributed by atoms with van der Waals surface area (Å²) in [5.74, 6) is 0.386. The van der Waals surface area contributed by atoms with Crippen LogP contribution in [-0.4, -0.2) is 23.9 Å². The Labute approximate surface area is 83.6 Å². The highest BCUT2D eigenvalue weighted by molar-refractivity contribution is 5.82. The third kappa shape index (κ3) is 2.95. The first-order valence-electron chi connectivity index (χ1n) is 4.76. The van der Waals surface area contributed by atoms with Gasteiger partial charge in [0.25, 0.3) is 0 Å².